The monoisotopic (exact) mass is 324 g/mol. The van der Waals surface area contributed by atoms with Crippen LogP contribution in [0.3, 0.4) is 0 Å². The van der Waals surface area contributed by atoms with Crippen molar-refractivity contribution in [3.05, 3.63) is 66.4 Å². The largest absolute Gasteiger partial charge is 0.248 e. The van der Waals surface area contributed by atoms with Crippen LogP contribution in [-0.2, 0) is 10.0 Å². The molecule has 1 aliphatic rings. The molecule has 116 valence electrons. The SMILES string of the molecule is C=Cc1cn(S(=O)(=O)C2(C)C=CC=CC2)c2ccc(C#N)cc12. The lowest BCUT2D eigenvalue weighted by Crippen LogP contribution is -2.37. The standard InChI is InChI=1S/C18H16N2O2S/c1-3-15-13-20(17-8-7-14(12-19)11-16(15)17)23(21,22)18(2)9-5-4-6-10-18/h3-9,11,13H,1,10H2,2H3. The van der Waals surface area contributed by atoms with Crippen LogP contribution in [0.15, 0.2) is 55.3 Å². The number of nitriles is 1. The van der Waals surface area contributed by atoms with Gasteiger partial charge in [0.2, 0.25) is 10.0 Å². The molecule has 1 atom stereocenters. The van der Waals surface area contributed by atoms with Crippen molar-refractivity contribution < 1.29 is 8.42 Å². The van der Waals surface area contributed by atoms with Crippen molar-refractivity contribution in [2.75, 3.05) is 0 Å². The number of aromatic nitrogens is 1. The molecule has 2 aromatic rings. The maximum Gasteiger partial charge on any atom is 0.248 e. The van der Waals surface area contributed by atoms with E-state index in [1.165, 1.54) is 3.97 Å². The summed E-state index contributed by atoms with van der Waals surface area (Å²) >= 11 is 0. The summed E-state index contributed by atoms with van der Waals surface area (Å²) in [6, 6.07) is 7.06. The van der Waals surface area contributed by atoms with E-state index in [0.29, 0.717) is 28.5 Å². The van der Waals surface area contributed by atoms with Crippen LogP contribution in [-0.4, -0.2) is 17.1 Å². The van der Waals surface area contributed by atoms with E-state index < -0.39 is 14.8 Å². The van der Waals surface area contributed by atoms with Gasteiger partial charge in [0.15, 0.2) is 0 Å². The fourth-order valence-corrected chi connectivity index (χ4v) is 4.46. The van der Waals surface area contributed by atoms with Gasteiger partial charge in [-0.3, -0.25) is 0 Å². The Hall–Kier alpha value is -2.58. The lowest BCUT2D eigenvalue weighted by molar-refractivity contribution is 0.555. The van der Waals surface area contributed by atoms with E-state index in [0.717, 1.165) is 0 Å². The highest BCUT2D eigenvalue weighted by Gasteiger charge is 2.38. The summed E-state index contributed by atoms with van der Waals surface area (Å²) in [5, 5.41) is 9.76. The van der Waals surface area contributed by atoms with Gasteiger partial charge >= 0.3 is 0 Å². The summed E-state index contributed by atoms with van der Waals surface area (Å²) in [5.74, 6) is 0. The first-order valence-corrected chi connectivity index (χ1v) is 8.64. The number of allylic oxidation sites excluding steroid dienone is 3. The van der Waals surface area contributed by atoms with E-state index in [4.69, 9.17) is 5.26 Å². The Balaban J connectivity index is 2.28. The highest BCUT2D eigenvalue weighted by atomic mass is 32.2. The number of hydrogen-bond donors (Lipinski definition) is 0. The fraction of sp³-hybridized carbons (Fsp3) is 0.167. The van der Waals surface area contributed by atoms with Crippen molar-refractivity contribution >= 4 is 27.0 Å². The van der Waals surface area contributed by atoms with Crippen LogP contribution >= 0.6 is 0 Å². The first-order chi connectivity index (χ1) is 10.9. The first kappa shape index (κ1) is 15.3. The molecule has 0 bridgehead atoms. The van der Waals surface area contributed by atoms with E-state index in [1.54, 1.807) is 49.5 Å². The second kappa shape index (κ2) is 5.25. The van der Waals surface area contributed by atoms with Gasteiger partial charge in [-0.05, 0) is 31.5 Å². The zero-order valence-corrected chi connectivity index (χ0v) is 13.5. The minimum Gasteiger partial charge on any atom is -0.244 e. The second-order valence-corrected chi connectivity index (χ2v) is 8.01. The van der Waals surface area contributed by atoms with Gasteiger partial charge in [-0.2, -0.15) is 5.26 Å². The molecule has 0 saturated carbocycles. The Morgan fingerprint density at radius 1 is 1.39 bits per heavy atom. The number of hydrogen-bond acceptors (Lipinski definition) is 3. The summed E-state index contributed by atoms with van der Waals surface area (Å²) in [5.41, 5.74) is 1.74. The molecule has 0 spiro atoms. The molecular weight excluding hydrogens is 308 g/mol. The van der Waals surface area contributed by atoms with Crippen molar-refractivity contribution in [3.63, 3.8) is 0 Å². The van der Waals surface area contributed by atoms with Crippen molar-refractivity contribution in [2.45, 2.75) is 18.1 Å². The number of nitrogens with zero attached hydrogens (tertiary/aromatic N) is 2. The molecule has 1 unspecified atom stereocenters. The smallest absolute Gasteiger partial charge is 0.244 e. The molecule has 4 nitrogen and oxygen atoms in total. The van der Waals surface area contributed by atoms with Crippen LogP contribution < -0.4 is 0 Å². The molecule has 3 rings (SSSR count). The van der Waals surface area contributed by atoms with Crippen LogP contribution in [0.5, 0.6) is 0 Å². The second-order valence-electron chi connectivity index (χ2n) is 5.74. The highest BCUT2D eigenvalue weighted by Crippen LogP contribution is 2.33. The minimum atomic E-state index is -3.65. The summed E-state index contributed by atoms with van der Waals surface area (Å²) in [4.78, 5) is 0. The molecule has 0 aliphatic heterocycles. The molecular formula is C18H16N2O2S. The van der Waals surface area contributed by atoms with Crippen LogP contribution in [0.25, 0.3) is 17.0 Å². The molecule has 0 fully saturated rings. The predicted octanol–water partition coefficient (Wildman–Crippen LogP) is 3.61. The van der Waals surface area contributed by atoms with Crippen LogP contribution in [0.1, 0.15) is 24.5 Å². The Bertz CT molecular complexity index is 1000. The molecule has 1 aliphatic carbocycles. The normalized spacial score (nSPS) is 20.5. The molecule has 1 aromatic carbocycles. The van der Waals surface area contributed by atoms with E-state index in [1.807, 2.05) is 12.2 Å². The lowest BCUT2D eigenvalue weighted by Gasteiger charge is -2.27. The molecule has 5 heteroatoms. The first-order valence-electron chi connectivity index (χ1n) is 7.20. The van der Waals surface area contributed by atoms with Crippen molar-refractivity contribution in [1.82, 2.24) is 3.97 Å². The van der Waals surface area contributed by atoms with Crippen LogP contribution in [0.4, 0.5) is 0 Å². The maximum absolute atomic E-state index is 13.2. The molecule has 1 heterocycles. The summed E-state index contributed by atoms with van der Waals surface area (Å²) in [6.07, 6.45) is 10.8. The van der Waals surface area contributed by atoms with Gasteiger partial charge < -0.3 is 0 Å². The van der Waals surface area contributed by atoms with E-state index in [9.17, 15) is 8.42 Å². The molecule has 0 amide bonds. The van der Waals surface area contributed by atoms with E-state index >= 15 is 0 Å². The summed E-state index contributed by atoms with van der Waals surface area (Å²) in [6.45, 7) is 5.46. The third-order valence-electron chi connectivity index (χ3n) is 4.22. The Labute approximate surface area is 135 Å². The van der Waals surface area contributed by atoms with Crippen molar-refractivity contribution in [1.29, 1.82) is 5.26 Å². The zero-order valence-electron chi connectivity index (χ0n) is 12.7. The van der Waals surface area contributed by atoms with Crippen molar-refractivity contribution in [2.24, 2.45) is 0 Å². The number of benzene rings is 1. The highest BCUT2D eigenvalue weighted by molar-refractivity contribution is 7.91. The Morgan fingerprint density at radius 2 is 2.17 bits per heavy atom. The third-order valence-corrected chi connectivity index (χ3v) is 6.52. The van der Waals surface area contributed by atoms with E-state index in [2.05, 4.69) is 12.6 Å². The van der Waals surface area contributed by atoms with Crippen molar-refractivity contribution in [3.8, 4) is 6.07 Å². The average Bonchev–Trinajstić information content (AvgIpc) is 2.93. The van der Waals surface area contributed by atoms with Gasteiger partial charge in [0.25, 0.3) is 0 Å². The molecule has 23 heavy (non-hydrogen) atoms. The number of fused-ring (bicyclic) bond motifs is 1. The topological polar surface area (TPSA) is 62.9 Å². The molecule has 1 aromatic heterocycles. The fourth-order valence-electron chi connectivity index (χ4n) is 2.78. The molecule has 0 N–H and O–H groups in total. The third kappa shape index (κ3) is 2.23. The molecule has 0 saturated heterocycles. The average molecular weight is 324 g/mol. The van der Waals surface area contributed by atoms with Gasteiger partial charge in [-0.1, -0.05) is 37.0 Å². The predicted molar refractivity (Wildman–Crippen MR) is 92.4 cm³/mol. The Morgan fingerprint density at radius 3 is 2.78 bits per heavy atom. The van der Waals surface area contributed by atoms with Crippen LogP contribution in [0.2, 0.25) is 0 Å². The van der Waals surface area contributed by atoms with Gasteiger partial charge in [0.05, 0.1) is 17.1 Å². The summed E-state index contributed by atoms with van der Waals surface area (Å²) < 4.78 is 26.7. The Kier molecular flexibility index (Phi) is 3.50. The van der Waals surface area contributed by atoms with Gasteiger partial charge in [0.1, 0.15) is 4.75 Å². The number of rotatable bonds is 3. The lowest BCUT2D eigenvalue weighted by atomic mass is 10.0. The minimum absolute atomic E-state index is 0.422. The van der Waals surface area contributed by atoms with Gasteiger partial charge in [0, 0.05) is 17.1 Å². The van der Waals surface area contributed by atoms with Gasteiger partial charge in [-0.15, -0.1) is 0 Å². The van der Waals surface area contributed by atoms with E-state index in [-0.39, 0.29) is 0 Å². The maximum atomic E-state index is 13.2. The van der Waals surface area contributed by atoms with Crippen LogP contribution in [0, 0.1) is 11.3 Å². The quantitative estimate of drug-likeness (QED) is 0.866. The van der Waals surface area contributed by atoms with Gasteiger partial charge in [-0.25, -0.2) is 12.4 Å². The zero-order chi connectivity index (χ0) is 16.7. The summed E-state index contributed by atoms with van der Waals surface area (Å²) in [7, 11) is -3.65. The molecule has 0 radical (unpaired) electrons.